The molecule has 0 N–H and O–H groups in total. The van der Waals surface area contributed by atoms with Crippen molar-refractivity contribution in [2.45, 2.75) is 65.6 Å². The van der Waals surface area contributed by atoms with E-state index in [0.29, 0.717) is 32.2 Å². The monoisotopic (exact) mass is 315 g/mol. The van der Waals surface area contributed by atoms with Crippen molar-refractivity contribution < 1.29 is 19.0 Å². The van der Waals surface area contributed by atoms with Crippen LogP contribution in [-0.4, -0.2) is 55.1 Å². The van der Waals surface area contributed by atoms with Crippen molar-refractivity contribution in [2.75, 3.05) is 32.9 Å². The van der Waals surface area contributed by atoms with Gasteiger partial charge in [0.15, 0.2) is 0 Å². The van der Waals surface area contributed by atoms with E-state index in [1.54, 1.807) is 4.90 Å². The van der Waals surface area contributed by atoms with E-state index >= 15 is 0 Å². The highest BCUT2D eigenvalue weighted by molar-refractivity contribution is 5.68. The van der Waals surface area contributed by atoms with Gasteiger partial charge < -0.3 is 19.1 Å². The van der Waals surface area contributed by atoms with Crippen molar-refractivity contribution in [3.8, 4) is 0 Å². The van der Waals surface area contributed by atoms with Crippen molar-refractivity contribution in [3.05, 3.63) is 0 Å². The summed E-state index contributed by atoms with van der Waals surface area (Å²) in [5.41, 5.74) is -0.750. The van der Waals surface area contributed by atoms with Crippen LogP contribution in [0.3, 0.4) is 0 Å². The summed E-state index contributed by atoms with van der Waals surface area (Å²) in [5, 5.41) is 0. The zero-order chi connectivity index (χ0) is 16.8. The summed E-state index contributed by atoms with van der Waals surface area (Å²) in [5.74, 6) is 0.663. The Morgan fingerprint density at radius 2 is 1.91 bits per heavy atom. The van der Waals surface area contributed by atoms with E-state index in [1.807, 2.05) is 27.7 Å². The van der Waals surface area contributed by atoms with Crippen molar-refractivity contribution in [1.82, 2.24) is 4.90 Å². The standard InChI is InChI=1S/C17H33NO4/c1-14(2)7-10-20-11-12-21-17(6)8-9-18(13-17)15(19)22-16(3,4)5/h14H,7-13H2,1-6H3. The minimum Gasteiger partial charge on any atom is -0.444 e. The number of carbonyl (C=O) groups excluding carboxylic acids is 1. The highest BCUT2D eigenvalue weighted by Gasteiger charge is 2.38. The average molecular weight is 315 g/mol. The molecule has 0 bridgehead atoms. The first-order valence-electron chi connectivity index (χ1n) is 8.31. The van der Waals surface area contributed by atoms with Crippen LogP contribution in [-0.2, 0) is 14.2 Å². The molecule has 1 amide bonds. The van der Waals surface area contributed by atoms with E-state index in [-0.39, 0.29) is 11.7 Å². The van der Waals surface area contributed by atoms with Crippen LogP contribution in [0.5, 0.6) is 0 Å². The molecule has 1 aliphatic heterocycles. The van der Waals surface area contributed by atoms with E-state index in [9.17, 15) is 4.79 Å². The van der Waals surface area contributed by atoms with Gasteiger partial charge in [-0.2, -0.15) is 0 Å². The first-order chi connectivity index (χ1) is 10.1. The maximum atomic E-state index is 12.1. The molecular weight excluding hydrogens is 282 g/mol. The van der Waals surface area contributed by atoms with Gasteiger partial charge in [-0.25, -0.2) is 4.79 Å². The van der Waals surface area contributed by atoms with Crippen molar-refractivity contribution in [1.29, 1.82) is 0 Å². The summed E-state index contributed by atoms with van der Waals surface area (Å²) >= 11 is 0. The number of rotatable bonds is 7. The zero-order valence-corrected chi connectivity index (χ0v) is 15.1. The molecule has 0 aromatic carbocycles. The molecule has 1 fully saturated rings. The van der Waals surface area contributed by atoms with Gasteiger partial charge in [-0.05, 0) is 46.5 Å². The molecule has 22 heavy (non-hydrogen) atoms. The summed E-state index contributed by atoms with van der Waals surface area (Å²) in [4.78, 5) is 13.8. The van der Waals surface area contributed by atoms with Crippen LogP contribution in [0.1, 0.15) is 54.4 Å². The number of hydrogen-bond donors (Lipinski definition) is 0. The Balaban J connectivity index is 2.24. The van der Waals surface area contributed by atoms with Crippen LogP contribution in [0.25, 0.3) is 0 Å². The molecule has 1 atom stereocenters. The Morgan fingerprint density at radius 3 is 2.50 bits per heavy atom. The predicted octanol–water partition coefficient (Wildman–Crippen LogP) is 3.47. The molecular formula is C17H33NO4. The number of carbonyl (C=O) groups is 1. The topological polar surface area (TPSA) is 48.0 Å². The lowest BCUT2D eigenvalue weighted by molar-refractivity contribution is -0.0519. The second-order valence-electron chi connectivity index (χ2n) is 7.75. The Morgan fingerprint density at radius 1 is 1.23 bits per heavy atom. The van der Waals surface area contributed by atoms with Gasteiger partial charge in [-0.15, -0.1) is 0 Å². The van der Waals surface area contributed by atoms with Gasteiger partial charge in [-0.1, -0.05) is 13.8 Å². The number of ether oxygens (including phenoxy) is 3. The molecule has 0 aromatic rings. The third-order valence-electron chi connectivity index (χ3n) is 3.61. The van der Waals surface area contributed by atoms with Crippen molar-refractivity contribution in [3.63, 3.8) is 0 Å². The van der Waals surface area contributed by atoms with Crippen LogP contribution in [0.15, 0.2) is 0 Å². The number of likely N-dealkylation sites (tertiary alicyclic amines) is 1. The molecule has 1 unspecified atom stereocenters. The molecule has 0 radical (unpaired) electrons. The van der Waals surface area contributed by atoms with Gasteiger partial charge in [0.05, 0.1) is 25.4 Å². The molecule has 1 heterocycles. The van der Waals surface area contributed by atoms with Gasteiger partial charge >= 0.3 is 6.09 Å². The lowest BCUT2D eigenvalue weighted by Gasteiger charge is -2.27. The van der Waals surface area contributed by atoms with Crippen LogP contribution in [0.2, 0.25) is 0 Å². The maximum Gasteiger partial charge on any atom is 0.410 e. The quantitative estimate of drug-likeness (QED) is 0.675. The Bertz CT molecular complexity index is 351. The third-order valence-corrected chi connectivity index (χ3v) is 3.61. The van der Waals surface area contributed by atoms with E-state index in [4.69, 9.17) is 14.2 Å². The second-order valence-corrected chi connectivity index (χ2v) is 7.75. The number of nitrogens with zero attached hydrogens (tertiary/aromatic N) is 1. The van der Waals surface area contributed by atoms with Gasteiger partial charge in [0.2, 0.25) is 0 Å². The minimum atomic E-state index is -0.457. The molecule has 1 rings (SSSR count). The molecule has 0 aromatic heterocycles. The molecule has 1 aliphatic rings. The van der Waals surface area contributed by atoms with E-state index in [2.05, 4.69) is 13.8 Å². The van der Waals surface area contributed by atoms with Crippen LogP contribution in [0.4, 0.5) is 4.79 Å². The molecule has 5 nitrogen and oxygen atoms in total. The van der Waals surface area contributed by atoms with Gasteiger partial charge in [0.25, 0.3) is 0 Å². The molecule has 0 spiro atoms. The number of hydrogen-bond acceptors (Lipinski definition) is 4. The molecule has 5 heteroatoms. The SMILES string of the molecule is CC(C)CCOCCOC1(C)CCN(C(=O)OC(C)(C)C)C1. The smallest absolute Gasteiger partial charge is 0.410 e. The van der Waals surface area contributed by atoms with Gasteiger partial charge in [0, 0.05) is 13.2 Å². The molecule has 0 aliphatic carbocycles. The van der Waals surface area contributed by atoms with Crippen molar-refractivity contribution in [2.24, 2.45) is 5.92 Å². The fourth-order valence-corrected chi connectivity index (χ4v) is 2.30. The highest BCUT2D eigenvalue weighted by atomic mass is 16.6. The maximum absolute atomic E-state index is 12.1. The van der Waals surface area contributed by atoms with E-state index < -0.39 is 5.60 Å². The first kappa shape index (κ1) is 19.2. The first-order valence-corrected chi connectivity index (χ1v) is 8.31. The lowest BCUT2D eigenvalue weighted by atomic mass is 10.1. The minimum absolute atomic E-state index is 0.256. The van der Waals surface area contributed by atoms with E-state index in [1.165, 1.54) is 0 Å². The normalized spacial score (nSPS) is 22.4. The van der Waals surface area contributed by atoms with E-state index in [0.717, 1.165) is 19.4 Å². The summed E-state index contributed by atoms with van der Waals surface area (Å²) in [7, 11) is 0. The lowest BCUT2D eigenvalue weighted by Crippen LogP contribution is -2.39. The van der Waals surface area contributed by atoms with Crippen LogP contribution in [0, 0.1) is 5.92 Å². The largest absolute Gasteiger partial charge is 0.444 e. The van der Waals surface area contributed by atoms with Gasteiger partial charge in [-0.3, -0.25) is 0 Å². The fourth-order valence-electron chi connectivity index (χ4n) is 2.30. The third kappa shape index (κ3) is 7.45. The number of amides is 1. The zero-order valence-electron chi connectivity index (χ0n) is 15.1. The Hall–Kier alpha value is -0.810. The highest BCUT2D eigenvalue weighted by Crippen LogP contribution is 2.26. The van der Waals surface area contributed by atoms with Gasteiger partial charge in [0.1, 0.15) is 5.60 Å². The van der Waals surface area contributed by atoms with Crippen LogP contribution >= 0.6 is 0 Å². The van der Waals surface area contributed by atoms with Crippen LogP contribution < -0.4 is 0 Å². The Kier molecular flexibility index (Phi) is 7.13. The predicted molar refractivity (Wildman–Crippen MR) is 87.1 cm³/mol. The summed E-state index contributed by atoms with van der Waals surface area (Å²) in [6.45, 7) is 15.3. The van der Waals surface area contributed by atoms with Crippen molar-refractivity contribution >= 4 is 6.09 Å². The second kappa shape index (κ2) is 8.16. The molecule has 1 saturated heterocycles. The average Bonchev–Trinajstić information content (AvgIpc) is 2.74. The Labute approximate surface area is 135 Å². The molecule has 0 saturated carbocycles. The molecule has 130 valence electrons. The summed E-state index contributed by atoms with van der Waals surface area (Å²) in [6, 6.07) is 0. The summed E-state index contributed by atoms with van der Waals surface area (Å²) in [6.07, 6.45) is 1.65. The fraction of sp³-hybridized carbons (Fsp3) is 0.941. The summed E-state index contributed by atoms with van der Waals surface area (Å²) < 4.78 is 16.9.